The van der Waals surface area contributed by atoms with Crippen LogP contribution < -0.4 is 10.9 Å². The van der Waals surface area contributed by atoms with Gasteiger partial charge in [-0.3, -0.25) is 30.2 Å². The molecule has 0 bridgehead atoms. The lowest BCUT2D eigenvalue weighted by atomic mass is 9.97. The third kappa shape index (κ3) is 4.64. The van der Waals surface area contributed by atoms with E-state index in [1.165, 1.54) is 17.5 Å². The predicted octanol–water partition coefficient (Wildman–Crippen LogP) is 1.69. The fraction of sp³-hybridized carbons (Fsp3) is 0.304. The Morgan fingerprint density at radius 1 is 1.03 bits per heavy atom. The minimum absolute atomic E-state index is 0.132. The van der Waals surface area contributed by atoms with Gasteiger partial charge in [-0.05, 0) is 38.8 Å². The Hall–Kier alpha value is -4.26. The summed E-state index contributed by atoms with van der Waals surface area (Å²) in [5.74, 6) is -1.06. The second kappa shape index (κ2) is 9.77. The van der Waals surface area contributed by atoms with Gasteiger partial charge in [0.05, 0.1) is 16.4 Å². The number of nitrogens with one attached hydrogen (secondary N) is 2. The third-order valence-corrected chi connectivity index (χ3v) is 7.01. The molecule has 1 fully saturated rings. The van der Waals surface area contributed by atoms with Gasteiger partial charge in [-0.25, -0.2) is 9.50 Å². The van der Waals surface area contributed by atoms with Gasteiger partial charge in [0, 0.05) is 36.7 Å². The summed E-state index contributed by atoms with van der Waals surface area (Å²) in [6.07, 6.45) is 2.92. The minimum Gasteiger partial charge on any atom is -0.337 e. The topological polar surface area (TPSA) is 147 Å². The first-order chi connectivity index (χ1) is 17.4. The van der Waals surface area contributed by atoms with Crippen molar-refractivity contribution in [3.05, 3.63) is 69.3 Å². The SMILES string of the molecule is Cc1cc2nnc(C(=O)N3CCC(c4nc(C(=O)NNC(=O)c5ccccn5)cs4)CC3)c(C)n2n1. The third-order valence-electron chi connectivity index (χ3n) is 6.00. The monoisotopic (exact) mass is 505 g/mol. The van der Waals surface area contributed by atoms with Crippen LogP contribution in [-0.2, 0) is 0 Å². The van der Waals surface area contributed by atoms with Gasteiger partial charge in [0.25, 0.3) is 17.7 Å². The second-order valence-corrected chi connectivity index (χ2v) is 9.34. The van der Waals surface area contributed by atoms with Crippen LogP contribution >= 0.6 is 11.3 Å². The molecule has 1 aliphatic heterocycles. The lowest BCUT2D eigenvalue weighted by Crippen LogP contribution is -2.42. The van der Waals surface area contributed by atoms with E-state index in [1.54, 1.807) is 33.0 Å². The molecule has 0 unspecified atom stereocenters. The molecule has 13 heteroatoms. The van der Waals surface area contributed by atoms with Crippen LogP contribution in [-0.4, -0.2) is 65.5 Å². The minimum atomic E-state index is -0.516. The average Bonchev–Trinajstić information content (AvgIpc) is 3.55. The maximum Gasteiger partial charge on any atom is 0.289 e. The van der Waals surface area contributed by atoms with E-state index >= 15 is 0 Å². The Balaban J connectivity index is 1.17. The van der Waals surface area contributed by atoms with E-state index < -0.39 is 11.8 Å². The number of aryl methyl sites for hydroxylation is 2. The van der Waals surface area contributed by atoms with Crippen molar-refractivity contribution >= 4 is 34.7 Å². The maximum atomic E-state index is 13.1. The number of carbonyl (C=O) groups is 3. The smallest absolute Gasteiger partial charge is 0.289 e. The number of pyridine rings is 1. The van der Waals surface area contributed by atoms with Crippen molar-refractivity contribution in [3.63, 3.8) is 0 Å². The number of amides is 3. The molecule has 0 saturated carbocycles. The summed E-state index contributed by atoms with van der Waals surface area (Å²) < 4.78 is 1.64. The highest BCUT2D eigenvalue weighted by atomic mass is 32.1. The van der Waals surface area contributed by atoms with Gasteiger partial charge in [0.1, 0.15) is 11.4 Å². The summed E-state index contributed by atoms with van der Waals surface area (Å²) in [5, 5.41) is 15.2. The van der Waals surface area contributed by atoms with E-state index in [-0.39, 0.29) is 23.2 Å². The number of hydrogen-bond donors (Lipinski definition) is 2. The molecule has 1 saturated heterocycles. The van der Waals surface area contributed by atoms with E-state index in [2.05, 4.69) is 36.1 Å². The van der Waals surface area contributed by atoms with Gasteiger partial charge in [-0.15, -0.1) is 21.5 Å². The van der Waals surface area contributed by atoms with E-state index in [4.69, 9.17) is 0 Å². The fourth-order valence-corrected chi connectivity index (χ4v) is 5.04. The summed E-state index contributed by atoms with van der Waals surface area (Å²) in [5.41, 5.74) is 7.50. The first-order valence-electron chi connectivity index (χ1n) is 11.4. The molecule has 184 valence electrons. The maximum absolute atomic E-state index is 13.1. The molecule has 3 amide bonds. The van der Waals surface area contributed by atoms with Crippen molar-refractivity contribution in [1.82, 2.24) is 45.5 Å². The Kier molecular flexibility index (Phi) is 6.38. The number of thiazole rings is 1. The van der Waals surface area contributed by atoms with Crippen LogP contribution in [0, 0.1) is 13.8 Å². The number of likely N-dealkylation sites (tertiary alicyclic amines) is 1. The molecular formula is C23H23N9O3S. The van der Waals surface area contributed by atoms with Crippen LogP contribution in [0.1, 0.15) is 66.6 Å². The number of rotatable bonds is 4. The summed E-state index contributed by atoms with van der Waals surface area (Å²) >= 11 is 1.39. The number of hydrazine groups is 1. The summed E-state index contributed by atoms with van der Waals surface area (Å²) in [7, 11) is 0. The highest BCUT2D eigenvalue weighted by Crippen LogP contribution is 2.31. The van der Waals surface area contributed by atoms with Crippen LogP contribution in [0.15, 0.2) is 35.8 Å². The Morgan fingerprint density at radius 3 is 2.50 bits per heavy atom. The van der Waals surface area contributed by atoms with E-state index in [0.717, 1.165) is 10.7 Å². The first-order valence-corrected chi connectivity index (χ1v) is 12.2. The van der Waals surface area contributed by atoms with Crippen LogP contribution in [0.25, 0.3) is 5.65 Å². The normalized spacial score (nSPS) is 14.1. The molecule has 0 spiro atoms. The van der Waals surface area contributed by atoms with Gasteiger partial charge in [-0.1, -0.05) is 6.07 Å². The number of aromatic nitrogens is 6. The lowest BCUT2D eigenvalue weighted by Gasteiger charge is -2.31. The first kappa shape index (κ1) is 23.5. The Morgan fingerprint density at radius 2 is 1.78 bits per heavy atom. The molecule has 0 aromatic carbocycles. The van der Waals surface area contributed by atoms with Gasteiger partial charge < -0.3 is 4.90 Å². The molecule has 1 aliphatic rings. The largest absolute Gasteiger partial charge is 0.337 e. The molecule has 0 radical (unpaired) electrons. The average molecular weight is 506 g/mol. The molecule has 36 heavy (non-hydrogen) atoms. The Labute approximate surface area is 209 Å². The Bertz CT molecular complexity index is 1440. The van der Waals surface area contributed by atoms with Crippen LogP contribution in [0.4, 0.5) is 0 Å². The summed E-state index contributed by atoms with van der Waals surface area (Å²) in [4.78, 5) is 47.8. The zero-order valence-corrected chi connectivity index (χ0v) is 20.4. The van der Waals surface area contributed by atoms with Crippen molar-refractivity contribution in [2.45, 2.75) is 32.6 Å². The number of carbonyl (C=O) groups excluding carboxylic acids is 3. The molecule has 5 heterocycles. The predicted molar refractivity (Wildman–Crippen MR) is 129 cm³/mol. The van der Waals surface area contributed by atoms with Gasteiger partial charge in [0.15, 0.2) is 11.3 Å². The van der Waals surface area contributed by atoms with E-state index in [0.29, 0.717) is 43.0 Å². The van der Waals surface area contributed by atoms with Crippen LogP contribution in [0.3, 0.4) is 0 Å². The van der Waals surface area contributed by atoms with Crippen molar-refractivity contribution < 1.29 is 14.4 Å². The van der Waals surface area contributed by atoms with E-state index in [9.17, 15) is 14.4 Å². The molecule has 0 aliphatic carbocycles. The second-order valence-electron chi connectivity index (χ2n) is 8.45. The molecule has 0 atom stereocenters. The van der Waals surface area contributed by atoms with Crippen molar-refractivity contribution in [1.29, 1.82) is 0 Å². The highest BCUT2D eigenvalue weighted by molar-refractivity contribution is 7.09. The van der Waals surface area contributed by atoms with E-state index in [1.807, 2.05) is 19.9 Å². The lowest BCUT2D eigenvalue weighted by molar-refractivity contribution is 0.0703. The molecule has 4 aromatic rings. The van der Waals surface area contributed by atoms with Crippen LogP contribution in [0.5, 0.6) is 0 Å². The summed E-state index contributed by atoms with van der Waals surface area (Å²) in [6, 6.07) is 6.74. The fourth-order valence-electron chi connectivity index (χ4n) is 4.07. The van der Waals surface area contributed by atoms with Crippen molar-refractivity contribution in [3.8, 4) is 0 Å². The molecular weight excluding hydrogens is 482 g/mol. The molecule has 12 nitrogen and oxygen atoms in total. The molecule has 4 aromatic heterocycles. The zero-order chi connectivity index (χ0) is 25.2. The van der Waals surface area contributed by atoms with Crippen molar-refractivity contribution in [2.24, 2.45) is 0 Å². The van der Waals surface area contributed by atoms with Gasteiger partial charge >= 0.3 is 0 Å². The molecule has 2 N–H and O–H groups in total. The highest BCUT2D eigenvalue weighted by Gasteiger charge is 2.29. The van der Waals surface area contributed by atoms with Gasteiger partial charge in [0.2, 0.25) is 0 Å². The van der Waals surface area contributed by atoms with Gasteiger partial charge in [-0.2, -0.15) is 5.10 Å². The number of fused-ring (bicyclic) bond motifs is 1. The molecule has 5 rings (SSSR count). The van der Waals surface area contributed by atoms with Crippen molar-refractivity contribution in [2.75, 3.05) is 13.1 Å². The number of hydrogen-bond acceptors (Lipinski definition) is 9. The number of piperidine rings is 1. The zero-order valence-electron chi connectivity index (χ0n) is 19.6. The standard InChI is InChI=1S/C23H23N9O3S/c1-13-11-18-26-27-19(14(2)32(18)30-13)23(35)31-9-6-15(7-10-31)22-25-17(12-36-22)21(34)29-28-20(33)16-5-3-4-8-24-16/h3-5,8,11-12,15H,6-7,9-10H2,1-2H3,(H,28,33)(H,29,34). The summed E-state index contributed by atoms with van der Waals surface area (Å²) in [6.45, 7) is 4.77. The number of nitrogens with zero attached hydrogens (tertiary/aromatic N) is 7. The quantitative estimate of drug-likeness (QED) is 0.398. The van der Waals surface area contributed by atoms with Crippen LogP contribution in [0.2, 0.25) is 0 Å².